The molecule has 2 atom stereocenters. The Morgan fingerprint density at radius 1 is 1.04 bits per heavy atom. The Labute approximate surface area is 151 Å². The van der Waals surface area contributed by atoms with Crippen molar-refractivity contribution >= 4 is 22.5 Å². The summed E-state index contributed by atoms with van der Waals surface area (Å²) in [4.78, 5) is 15.1. The Morgan fingerprint density at radius 2 is 1.85 bits per heavy atom. The van der Waals surface area contributed by atoms with Gasteiger partial charge in [0.05, 0.1) is 11.6 Å². The van der Waals surface area contributed by atoms with Crippen molar-refractivity contribution in [3.63, 3.8) is 0 Å². The van der Waals surface area contributed by atoms with Gasteiger partial charge >= 0.3 is 0 Å². The first-order chi connectivity index (χ1) is 12.8. The van der Waals surface area contributed by atoms with Gasteiger partial charge in [0, 0.05) is 6.04 Å². The highest BCUT2D eigenvalue weighted by Gasteiger charge is 2.39. The van der Waals surface area contributed by atoms with E-state index in [0.717, 1.165) is 30.3 Å². The first-order valence-corrected chi connectivity index (χ1v) is 9.15. The minimum atomic E-state index is 0.136. The van der Waals surface area contributed by atoms with Crippen molar-refractivity contribution in [1.29, 1.82) is 0 Å². The number of hydrogen-bond acceptors (Lipinski definition) is 3. The summed E-state index contributed by atoms with van der Waals surface area (Å²) in [7, 11) is 0. The molecule has 5 nitrogen and oxygen atoms in total. The van der Waals surface area contributed by atoms with Gasteiger partial charge in [-0.15, -0.1) is 5.10 Å². The molecule has 3 heterocycles. The molecule has 130 valence electrons. The number of carbonyl (C=O) groups is 1. The quantitative estimate of drug-likeness (QED) is 0.733. The first kappa shape index (κ1) is 15.3. The average Bonchev–Trinajstić information content (AvgIpc) is 3.20. The minimum Gasteiger partial charge on any atom is -0.331 e. The maximum absolute atomic E-state index is 13.0. The van der Waals surface area contributed by atoms with E-state index in [2.05, 4.69) is 45.6 Å². The third-order valence-electron chi connectivity index (χ3n) is 5.53. The maximum Gasteiger partial charge on any atom is 0.245 e. The molecule has 0 radical (unpaired) electrons. The van der Waals surface area contributed by atoms with Crippen molar-refractivity contribution in [3.8, 4) is 0 Å². The second-order valence-electron chi connectivity index (χ2n) is 7.10. The molecule has 5 rings (SSSR count). The van der Waals surface area contributed by atoms with Crippen molar-refractivity contribution in [2.75, 3.05) is 0 Å². The van der Waals surface area contributed by atoms with Crippen LogP contribution in [-0.2, 0) is 11.3 Å². The third-order valence-corrected chi connectivity index (χ3v) is 5.53. The Bertz CT molecular complexity index is 991. The molecule has 1 amide bonds. The summed E-state index contributed by atoms with van der Waals surface area (Å²) in [5, 5.41) is 8.32. The van der Waals surface area contributed by atoms with Crippen LogP contribution < -0.4 is 0 Å². The molecule has 0 spiro atoms. The van der Waals surface area contributed by atoms with Crippen LogP contribution in [0.3, 0.4) is 0 Å². The number of benzene rings is 2. The highest BCUT2D eigenvalue weighted by atomic mass is 16.2. The topological polar surface area (TPSA) is 51.0 Å². The zero-order valence-corrected chi connectivity index (χ0v) is 14.5. The molecule has 0 saturated carbocycles. The van der Waals surface area contributed by atoms with Crippen molar-refractivity contribution in [2.45, 2.75) is 37.9 Å². The molecule has 1 saturated heterocycles. The van der Waals surface area contributed by atoms with Crippen molar-refractivity contribution in [2.24, 2.45) is 0 Å². The van der Waals surface area contributed by atoms with Gasteiger partial charge in [-0.05, 0) is 42.5 Å². The van der Waals surface area contributed by atoms with Gasteiger partial charge in [0.15, 0.2) is 0 Å². The molecule has 2 aromatic carbocycles. The predicted octanol–water partition coefficient (Wildman–Crippen LogP) is 3.28. The molecule has 1 aromatic heterocycles. The van der Waals surface area contributed by atoms with E-state index < -0.39 is 0 Å². The molecule has 26 heavy (non-hydrogen) atoms. The molecule has 3 aromatic rings. The van der Waals surface area contributed by atoms with Gasteiger partial charge < -0.3 is 4.90 Å². The van der Waals surface area contributed by atoms with Gasteiger partial charge in [-0.3, -0.25) is 4.79 Å². The Kier molecular flexibility index (Phi) is 3.59. The SMILES string of the molecule is O=C(Cn1nnc2ccccc21)N1C2C=C(c3ccccc3)CC1CC2. The largest absolute Gasteiger partial charge is 0.331 e. The molecule has 2 bridgehead atoms. The van der Waals surface area contributed by atoms with E-state index in [1.54, 1.807) is 4.68 Å². The van der Waals surface area contributed by atoms with E-state index in [0.29, 0.717) is 6.04 Å². The monoisotopic (exact) mass is 344 g/mol. The van der Waals surface area contributed by atoms with Crippen LogP contribution in [0.25, 0.3) is 16.6 Å². The normalized spacial score (nSPS) is 21.8. The lowest BCUT2D eigenvalue weighted by Gasteiger charge is -2.34. The summed E-state index contributed by atoms with van der Waals surface area (Å²) in [5.41, 5.74) is 4.38. The number of nitrogens with zero attached hydrogens (tertiary/aromatic N) is 4. The highest BCUT2D eigenvalue weighted by Crippen LogP contribution is 2.38. The Morgan fingerprint density at radius 3 is 2.69 bits per heavy atom. The molecular weight excluding hydrogens is 324 g/mol. The van der Waals surface area contributed by atoms with Gasteiger partial charge in [-0.2, -0.15) is 0 Å². The van der Waals surface area contributed by atoms with Crippen LogP contribution in [0.2, 0.25) is 0 Å². The predicted molar refractivity (Wildman–Crippen MR) is 100 cm³/mol. The molecule has 5 heteroatoms. The molecule has 1 fully saturated rings. The Hall–Kier alpha value is -2.95. The van der Waals surface area contributed by atoms with Gasteiger partial charge in [0.25, 0.3) is 0 Å². The van der Waals surface area contributed by atoms with Gasteiger partial charge in [-0.1, -0.05) is 53.8 Å². The molecule has 0 N–H and O–H groups in total. The lowest BCUT2D eigenvalue weighted by Crippen LogP contribution is -2.44. The summed E-state index contributed by atoms with van der Waals surface area (Å²) >= 11 is 0. The van der Waals surface area contributed by atoms with Gasteiger partial charge in [0.2, 0.25) is 5.91 Å². The Balaban J connectivity index is 1.39. The number of amides is 1. The van der Waals surface area contributed by atoms with E-state index >= 15 is 0 Å². The summed E-state index contributed by atoms with van der Waals surface area (Å²) in [5.74, 6) is 0.136. The fourth-order valence-corrected chi connectivity index (χ4v) is 4.33. The number of hydrogen-bond donors (Lipinski definition) is 0. The summed E-state index contributed by atoms with van der Waals surface area (Å²) < 4.78 is 1.72. The fourth-order valence-electron chi connectivity index (χ4n) is 4.33. The van der Waals surface area contributed by atoms with Crippen molar-refractivity contribution < 1.29 is 4.79 Å². The molecule has 2 aliphatic heterocycles. The number of fused-ring (bicyclic) bond motifs is 3. The summed E-state index contributed by atoms with van der Waals surface area (Å²) in [6.45, 7) is 0.252. The van der Waals surface area contributed by atoms with Crippen molar-refractivity contribution in [3.05, 3.63) is 66.2 Å². The molecular formula is C21H20N4O. The number of aromatic nitrogens is 3. The van der Waals surface area contributed by atoms with Gasteiger partial charge in [-0.25, -0.2) is 4.68 Å². The second kappa shape index (κ2) is 6.09. The van der Waals surface area contributed by atoms with E-state index in [9.17, 15) is 4.79 Å². The van der Waals surface area contributed by atoms with Crippen LogP contribution in [0.5, 0.6) is 0 Å². The van der Waals surface area contributed by atoms with E-state index in [-0.39, 0.29) is 18.5 Å². The van der Waals surface area contributed by atoms with E-state index in [1.165, 1.54) is 11.1 Å². The first-order valence-electron chi connectivity index (χ1n) is 9.15. The van der Waals surface area contributed by atoms with Crippen LogP contribution in [0.1, 0.15) is 24.8 Å². The zero-order valence-electron chi connectivity index (χ0n) is 14.5. The average molecular weight is 344 g/mol. The van der Waals surface area contributed by atoms with Gasteiger partial charge in [0.1, 0.15) is 12.1 Å². The van der Waals surface area contributed by atoms with Crippen LogP contribution >= 0.6 is 0 Å². The number of carbonyl (C=O) groups excluding carboxylic acids is 1. The number of rotatable bonds is 3. The van der Waals surface area contributed by atoms with Crippen LogP contribution in [0, 0.1) is 0 Å². The highest BCUT2D eigenvalue weighted by molar-refractivity contribution is 5.82. The summed E-state index contributed by atoms with van der Waals surface area (Å²) in [6.07, 6.45) is 5.34. The lowest BCUT2D eigenvalue weighted by molar-refractivity contribution is -0.134. The zero-order chi connectivity index (χ0) is 17.5. The van der Waals surface area contributed by atoms with Crippen LogP contribution in [0.4, 0.5) is 0 Å². The standard InChI is InChI=1S/C21H20N4O/c26-21(14-24-20-9-5-4-8-19(20)22-23-24)25-17-10-11-18(25)13-16(12-17)15-6-2-1-3-7-15/h1-9,12,17-18H,10-11,13-14H2. The minimum absolute atomic E-state index is 0.136. The molecule has 2 aliphatic rings. The third kappa shape index (κ3) is 2.51. The van der Waals surface area contributed by atoms with Crippen LogP contribution in [0.15, 0.2) is 60.7 Å². The maximum atomic E-state index is 13.0. The fraction of sp³-hybridized carbons (Fsp3) is 0.286. The smallest absolute Gasteiger partial charge is 0.245 e. The van der Waals surface area contributed by atoms with E-state index in [1.807, 2.05) is 30.3 Å². The van der Waals surface area contributed by atoms with Crippen LogP contribution in [-0.4, -0.2) is 37.9 Å². The summed E-state index contributed by atoms with van der Waals surface area (Å²) in [6, 6.07) is 18.8. The van der Waals surface area contributed by atoms with E-state index in [4.69, 9.17) is 0 Å². The number of para-hydroxylation sites is 1. The van der Waals surface area contributed by atoms with Crippen molar-refractivity contribution in [1.82, 2.24) is 19.9 Å². The second-order valence-corrected chi connectivity index (χ2v) is 7.10. The molecule has 2 unspecified atom stereocenters. The lowest BCUT2D eigenvalue weighted by atomic mass is 9.95. The molecule has 0 aliphatic carbocycles.